The molecule has 0 aliphatic carbocycles. The van der Waals surface area contributed by atoms with Crippen LogP contribution in [0.1, 0.15) is 12.5 Å². The van der Waals surface area contributed by atoms with E-state index in [0.29, 0.717) is 16.5 Å². The Kier molecular flexibility index (Phi) is 5.35. The van der Waals surface area contributed by atoms with Crippen molar-refractivity contribution in [3.63, 3.8) is 0 Å². The van der Waals surface area contributed by atoms with E-state index in [1.807, 2.05) is 0 Å². The zero-order chi connectivity index (χ0) is 20.3. The van der Waals surface area contributed by atoms with Crippen LogP contribution in [0, 0.1) is 10.1 Å². The Morgan fingerprint density at radius 3 is 2.39 bits per heavy atom. The molecule has 0 saturated heterocycles. The van der Waals surface area contributed by atoms with Gasteiger partial charge >= 0.3 is 5.69 Å². The Labute approximate surface area is 159 Å². The lowest BCUT2D eigenvalue weighted by molar-refractivity contribution is -0.384. The third-order valence-electron chi connectivity index (χ3n) is 4.39. The van der Waals surface area contributed by atoms with Crippen LogP contribution in [0.4, 0.5) is 5.69 Å². The summed E-state index contributed by atoms with van der Waals surface area (Å²) >= 11 is 0. The highest BCUT2D eigenvalue weighted by Crippen LogP contribution is 2.12. The smallest absolute Gasteiger partial charge is 0.331 e. The molecule has 0 spiro atoms. The van der Waals surface area contributed by atoms with E-state index in [2.05, 4.69) is 5.32 Å². The predicted molar refractivity (Wildman–Crippen MR) is 103 cm³/mol. The van der Waals surface area contributed by atoms with Crippen molar-refractivity contribution >= 4 is 22.5 Å². The molecule has 144 valence electrons. The number of amides is 1. The second-order valence-electron chi connectivity index (χ2n) is 6.14. The Bertz CT molecular complexity index is 1160. The number of hydrogen-bond acceptors (Lipinski definition) is 5. The molecule has 0 fully saturated rings. The van der Waals surface area contributed by atoms with Gasteiger partial charge in [0.2, 0.25) is 5.91 Å². The van der Waals surface area contributed by atoms with Crippen LogP contribution in [0.5, 0.6) is 0 Å². The quantitative estimate of drug-likeness (QED) is 0.511. The summed E-state index contributed by atoms with van der Waals surface area (Å²) in [7, 11) is 0. The number of carbonyl (C=O) groups excluding carboxylic acids is 1. The number of nitrogens with zero attached hydrogens (tertiary/aromatic N) is 3. The van der Waals surface area contributed by atoms with Gasteiger partial charge in [-0.2, -0.15) is 0 Å². The molecule has 3 aromatic rings. The first-order chi connectivity index (χ1) is 13.4. The Morgan fingerprint density at radius 1 is 1.07 bits per heavy atom. The first-order valence-corrected chi connectivity index (χ1v) is 8.64. The van der Waals surface area contributed by atoms with Crippen LogP contribution < -0.4 is 16.6 Å². The van der Waals surface area contributed by atoms with Crippen molar-refractivity contribution in [2.75, 3.05) is 0 Å². The molecule has 1 heterocycles. The van der Waals surface area contributed by atoms with E-state index in [-0.39, 0.29) is 30.9 Å². The van der Waals surface area contributed by atoms with Crippen LogP contribution in [0.15, 0.2) is 58.1 Å². The highest BCUT2D eigenvalue weighted by Gasteiger charge is 2.14. The predicted octanol–water partition coefficient (Wildman–Crippen LogP) is 1.41. The number of nitro groups is 1. The van der Waals surface area contributed by atoms with Gasteiger partial charge < -0.3 is 5.32 Å². The molecule has 1 amide bonds. The maximum atomic E-state index is 12.6. The topological polar surface area (TPSA) is 116 Å². The molecule has 2 aromatic carbocycles. The SMILES string of the molecule is CCn1c(=O)c2ccccc2n(CC(=O)NCc2ccc([N+](=O)[O-])cc2)c1=O. The van der Waals surface area contributed by atoms with E-state index in [1.165, 1.54) is 16.7 Å². The monoisotopic (exact) mass is 382 g/mol. The van der Waals surface area contributed by atoms with Gasteiger partial charge in [0.05, 0.1) is 15.8 Å². The number of aromatic nitrogens is 2. The molecule has 9 nitrogen and oxygen atoms in total. The van der Waals surface area contributed by atoms with Gasteiger partial charge in [-0.3, -0.25) is 28.8 Å². The zero-order valence-corrected chi connectivity index (χ0v) is 15.1. The van der Waals surface area contributed by atoms with Crippen molar-refractivity contribution < 1.29 is 9.72 Å². The van der Waals surface area contributed by atoms with E-state index in [0.717, 1.165) is 4.57 Å². The standard InChI is InChI=1S/C19H18N4O5/c1-2-21-18(25)15-5-3-4-6-16(15)22(19(21)26)12-17(24)20-11-13-7-9-14(10-8-13)23(27)28/h3-10H,2,11-12H2,1H3,(H,20,24). The van der Waals surface area contributed by atoms with Crippen molar-refractivity contribution in [3.05, 3.63) is 85.0 Å². The minimum absolute atomic E-state index is 0.0325. The maximum absolute atomic E-state index is 12.6. The largest absolute Gasteiger partial charge is 0.350 e. The number of fused-ring (bicyclic) bond motifs is 1. The minimum atomic E-state index is -0.545. The van der Waals surface area contributed by atoms with Crippen LogP contribution >= 0.6 is 0 Å². The number of hydrogen-bond donors (Lipinski definition) is 1. The van der Waals surface area contributed by atoms with Gasteiger partial charge in [0.15, 0.2) is 0 Å². The summed E-state index contributed by atoms with van der Waals surface area (Å²) < 4.78 is 2.36. The van der Waals surface area contributed by atoms with Crippen LogP contribution in [-0.4, -0.2) is 20.0 Å². The van der Waals surface area contributed by atoms with E-state index >= 15 is 0 Å². The molecule has 0 radical (unpaired) electrons. The Balaban J connectivity index is 1.82. The van der Waals surface area contributed by atoms with E-state index < -0.39 is 16.5 Å². The van der Waals surface area contributed by atoms with Gasteiger partial charge in [0, 0.05) is 25.2 Å². The van der Waals surface area contributed by atoms with Gasteiger partial charge in [-0.1, -0.05) is 24.3 Å². The lowest BCUT2D eigenvalue weighted by atomic mass is 10.2. The third kappa shape index (κ3) is 3.68. The van der Waals surface area contributed by atoms with Crippen molar-refractivity contribution in [3.8, 4) is 0 Å². The van der Waals surface area contributed by atoms with E-state index in [9.17, 15) is 24.5 Å². The molecule has 28 heavy (non-hydrogen) atoms. The fourth-order valence-electron chi connectivity index (χ4n) is 2.94. The maximum Gasteiger partial charge on any atom is 0.331 e. The molecule has 1 N–H and O–H groups in total. The number of carbonyl (C=O) groups is 1. The summed E-state index contributed by atoms with van der Waals surface area (Å²) in [6.07, 6.45) is 0. The molecule has 1 aromatic heterocycles. The second kappa shape index (κ2) is 7.87. The fraction of sp³-hybridized carbons (Fsp3) is 0.211. The number of rotatable bonds is 6. The summed E-state index contributed by atoms with van der Waals surface area (Å²) in [5.41, 5.74) is 0.125. The number of para-hydroxylation sites is 1. The zero-order valence-electron chi connectivity index (χ0n) is 15.1. The van der Waals surface area contributed by atoms with Crippen molar-refractivity contribution in [1.29, 1.82) is 0 Å². The summed E-state index contributed by atoms with van der Waals surface area (Å²) in [6, 6.07) is 12.5. The molecule has 0 atom stereocenters. The lowest BCUT2D eigenvalue weighted by Crippen LogP contribution is -2.42. The van der Waals surface area contributed by atoms with Crippen molar-refractivity contribution in [2.45, 2.75) is 26.6 Å². The average molecular weight is 382 g/mol. The van der Waals surface area contributed by atoms with Gasteiger partial charge in [0.25, 0.3) is 11.2 Å². The normalized spacial score (nSPS) is 10.8. The Hall–Kier alpha value is -3.75. The molecule has 0 aliphatic rings. The van der Waals surface area contributed by atoms with Crippen molar-refractivity contribution in [2.24, 2.45) is 0 Å². The highest BCUT2D eigenvalue weighted by atomic mass is 16.6. The number of benzene rings is 2. The van der Waals surface area contributed by atoms with Gasteiger partial charge in [0.1, 0.15) is 6.54 Å². The fourth-order valence-corrected chi connectivity index (χ4v) is 2.94. The molecule has 3 rings (SSSR count). The van der Waals surface area contributed by atoms with Crippen LogP contribution in [0.25, 0.3) is 10.9 Å². The molecular weight excluding hydrogens is 364 g/mol. The number of nitrogens with one attached hydrogen (secondary N) is 1. The summed E-state index contributed by atoms with van der Waals surface area (Å²) in [5.74, 6) is -0.410. The number of nitro benzene ring substituents is 1. The second-order valence-corrected chi connectivity index (χ2v) is 6.14. The van der Waals surface area contributed by atoms with E-state index in [1.54, 1.807) is 43.3 Å². The van der Waals surface area contributed by atoms with Crippen LogP contribution in [-0.2, 0) is 24.4 Å². The molecule has 0 bridgehead atoms. The molecule has 0 unspecified atom stereocenters. The number of non-ortho nitro benzene ring substituents is 1. The Morgan fingerprint density at radius 2 is 1.75 bits per heavy atom. The molecule has 9 heteroatoms. The molecule has 0 saturated carbocycles. The van der Waals surface area contributed by atoms with E-state index in [4.69, 9.17) is 0 Å². The van der Waals surface area contributed by atoms with Gasteiger partial charge in [-0.15, -0.1) is 0 Å². The highest BCUT2D eigenvalue weighted by molar-refractivity contribution is 5.81. The van der Waals surface area contributed by atoms with Gasteiger partial charge in [-0.25, -0.2) is 4.79 Å². The van der Waals surface area contributed by atoms with Crippen LogP contribution in [0.3, 0.4) is 0 Å². The molecular formula is C19H18N4O5. The van der Waals surface area contributed by atoms with Crippen LogP contribution in [0.2, 0.25) is 0 Å². The minimum Gasteiger partial charge on any atom is -0.350 e. The first-order valence-electron chi connectivity index (χ1n) is 8.64. The van der Waals surface area contributed by atoms with Crippen molar-refractivity contribution in [1.82, 2.24) is 14.5 Å². The third-order valence-corrected chi connectivity index (χ3v) is 4.39. The molecule has 0 aliphatic heterocycles. The van der Waals surface area contributed by atoms with Gasteiger partial charge in [-0.05, 0) is 24.6 Å². The lowest BCUT2D eigenvalue weighted by Gasteiger charge is -2.13. The average Bonchev–Trinajstić information content (AvgIpc) is 2.70. The summed E-state index contributed by atoms with van der Waals surface area (Å²) in [5, 5.41) is 13.7. The summed E-state index contributed by atoms with van der Waals surface area (Å²) in [4.78, 5) is 47.6. The summed E-state index contributed by atoms with van der Waals surface area (Å²) in [6.45, 7) is 1.81. The first kappa shape index (κ1) is 19.0.